The maximum atomic E-state index is 12.6. The summed E-state index contributed by atoms with van der Waals surface area (Å²) in [6.45, 7) is 2.08. The molecule has 23 heavy (non-hydrogen) atoms. The van der Waals surface area contributed by atoms with Gasteiger partial charge in [0.2, 0.25) is 5.78 Å². The zero-order valence-electron chi connectivity index (χ0n) is 13.7. The number of fused-ring (bicyclic) bond motifs is 5. The molecule has 1 aromatic carbocycles. The summed E-state index contributed by atoms with van der Waals surface area (Å²) in [6.07, 6.45) is 4.72. The van der Waals surface area contributed by atoms with E-state index in [1.54, 1.807) is 7.11 Å². The molecule has 4 rings (SSSR count). The fourth-order valence-corrected chi connectivity index (χ4v) is 5.38. The molecule has 0 spiro atoms. The number of benzene rings is 1. The molecule has 0 saturated heterocycles. The lowest BCUT2D eigenvalue weighted by molar-refractivity contribution is -0.128. The summed E-state index contributed by atoms with van der Waals surface area (Å²) >= 11 is 0. The Kier molecular flexibility index (Phi) is 3.21. The lowest BCUT2D eigenvalue weighted by Crippen LogP contribution is -2.42. The van der Waals surface area contributed by atoms with E-state index >= 15 is 0 Å². The van der Waals surface area contributed by atoms with Gasteiger partial charge in [-0.3, -0.25) is 4.79 Å². The van der Waals surface area contributed by atoms with Gasteiger partial charge in [0.15, 0.2) is 0 Å². The Labute approximate surface area is 136 Å². The molecule has 120 valence electrons. The molecule has 0 radical (unpaired) electrons. The Hall–Kier alpha value is -1.93. The van der Waals surface area contributed by atoms with Crippen molar-refractivity contribution in [2.75, 3.05) is 7.11 Å². The average molecular weight is 310 g/mol. The van der Waals surface area contributed by atoms with Crippen LogP contribution in [-0.4, -0.2) is 23.4 Å². The van der Waals surface area contributed by atoms with E-state index in [4.69, 9.17) is 10.3 Å². The van der Waals surface area contributed by atoms with Gasteiger partial charge in [-0.25, -0.2) is 0 Å². The molecule has 4 nitrogen and oxygen atoms in total. The highest BCUT2D eigenvalue weighted by atomic mass is 16.5. The number of aryl methyl sites for hydroxylation is 1. The quantitative estimate of drug-likeness (QED) is 0.589. The van der Waals surface area contributed by atoms with E-state index in [1.165, 1.54) is 11.1 Å². The standard InChI is InChI=1S/C19H22N2O2/c1-19-8-7-14-13-6-4-12(23-2)9-11(13)3-5-15(14)16(19)10-17(21-20)18(19)22/h4,6,9,14-16H,3,5,7-8,10H2,1-2H3/t14-,15+,16+,19+/m1/s1. The second kappa shape index (κ2) is 5.04. The molecule has 0 bridgehead atoms. The van der Waals surface area contributed by atoms with Crippen LogP contribution < -0.4 is 4.74 Å². The van der Waals surface area contributed by atoms with E-state index in [9.17, 15) is 4.79 Å². The minimum absolute atomic E-state index is 0.0731. The van der Waals surface area contributed by atoms with Crippen molar-refractivity contribution >= 4 is 11.5 Å². The number of carbonyl (C=O) groups excluding carboxylic acids is 1. The molecule has 4 atom stereocenters. The fraction of sp³-hybridized carbons (Fsp3) is 0.579. The molecule has 0 aliphatic heterocycles. The SMILES string of the molecule is COc1ccc2c(c1)CC[C@H]1[C@@H]2CC[C@]2(C)C(=O)C(=[N+]=[N-])C[C@@H]12. The molecule has 1 aromatic rings. The van der Waals surface area contributed by atoms with Gasteiger partial charge in [-0.05, 0) is 66.7 Å². The van der Waals surface area contributed by atoms with Crippen molar-refractivity contribution < 1.29 is 14.3 Å². The molecule has 0 heterocycles. The van der Waals surface area contributed by atoms with E-state index in [1.807, 2.05) is 0 Å². The zero-order chi connectivity index (χ0) is 16.2. The Balaban J connectivity index is 1.72. The summed E-state index contributed by atoms with van der Waals surface area (Å²) in [5.74, 6) is 2.35. The minimum atomic E-state index is -0.327. The van der Waals surface area contributed by atoms with Crippen molar-refractivity contribution in [1.82, 2.24) is 0 Å². The maximum absolute atomic E-state index is 12.6. The van der Waals surface area contributed by atoms with Gasteiger partial charge >= 0.3 is 5.71 Å². The topological polar surface area (TPSA) is 62.7 Å². The van der Waals surface area contributed by atoms with Crippen LogP contribution in [0.1, 0.15) is 49.7 Å². The molecular weight excluding hydrogens is 288 g/mol. The van der Waals surface area contributed by atoms with E-state index < -0.39 is 0 Å². The van der Waals surface area contributed by atoms with Gasteiger partial charge in [-0.1, -0.05) is 13.0 Å². The number of hydrogen-bond donors (Lipinski definition) is 0. The van der Waals surface area contributed by atoms with Crippen molar-refractivity contribution in [2.24, 2.45) is 17.3 Å². The lowest BCUT2D eigenvalue weighted by atomic mass is 9.55. The van der Waals surface area contributed by atoms with Crippen LogP contribution in [0.2, 0.25) is 0 Å². The van der Waals surface area contributed by atoms with E-state index in [2.05, 4.69) is 29.9 Å². The number of hydrogen-bond acceptors (Lipinski definition) is 2. The predicted octanol–water partition coefficient (Wildman–Crippen LogP) is 3.40. The Morgan fingerprint density at radius 2 is 2.17 bits per heavy atom. The maximum Gasteiger partial charge on any atom is 0.335 e. The summed E-state index contributed by atoms with van der Waals surface area (Å²) in [6, 6.07) is 6.43. The van der Waals surface area contributed by atoms with Crippen LogP contribution in [0.25, 0.3) is 5.53 Å². The molecule has 0 N–H and O–H groups in total. The number of methoxy groups -OCH3 is 1. The molecule has 3 aliphatic carbocycles. The van der Waals surface area contributed by atoms with E-state index in [-0.39, 0.29) is 11.2 Å². The monoisotopic (exact) mass is 310 g/mol. The van der Waals surface area contributed by atoms with Gasteiger partial charge < -0.3 is 10.3 Å². The van der Waals surface area contributed by atoms with Crippen molar-refractivity contribution in [3.05, 3.63) is 34.9 Å². The fourth-order valence-electron chi connectivity index (χ4n) is 5.38. The summed E-state index contributed by atoms with van der Waals surface area (Å²) in [5, 5.41) is 0. The molecule has 0 amide bonds. The third-order valence-corrected chi connectivity index (χ3v) is 6.64. The molecule has 2 fully saturated rings. The van der Waals surface area contributed by atoms with E-state index in [0.717, 1.165) is 31.4 Å². The predicted molar refractivity (Wildman–Crippen MR) is 86.6 cm³/mol. The Bertz CT molecular complexity index is 735. The summed E-state index contributed by atoms with van der Waals surface area (Å²) < 4.78 is 5.36. The smallest absolute Gasteiger partial charge is 0.335 e. The first-order valence-electron chi connectivity index (χ1n) is 8.51. The van der Waals surface area contributed by atoms with Gasteiger partial charge in [0.05, 0.1) is 13.5 Å². The first-order chi connectivity index (χ1) is 11.1. The third-order valence-electron chi connectivity index (χ3n) is 6.64. The normalized spacial score (nSPS) is 35.1. The number of nitrogens with zero attached hydrogens (tertiary/aromatic N) is 2. The lowest BCUT2D eigenvalue weighted by Gasteiger charge is -2.47. The third kappa shape index (κ3) is 1.94. The zero-order valence-corrected chi connectivity index (χ0v) is 13.7. The summed E-state index contributed by atoms with van der Waals surface area (Å²) in [7, 11) is 1.71. The Morgan fingerprint density at radius 3 is 2.91 bits per heavy atom. The van der Waals surface area contributed by atoms with Gasteiger partial charge in [0, 0.05) is 5.41 Å². The molecule has 2 saturated carbocycles. The van der Waals surface area contributed by atoms with Gasteiger partial charge in [0.1, 0.15) is 5.75 Å². The average Bonchev–Trinajstić information content (AvgIpc) is 2.85. The van der Waals surface area contributed by atoms with Gasteiger partial charge in [0.25, 0.3) is 0 Å². The van der Waals surface area contributed by atoms with Gasteiger partial charge in [-0.15, -0.1) is 0 Å². The second-order valence-corrected chi connectivity index (χ2v) is 7.52. The van der Waals surface area contributed by atoms with Gasteiger partial charge in [-0.2, -0.15) is 4.79 Å². The number of Topliss-reactive ketones (excluding diaryl/α,β-unsaturated/α-hetero) is 1. The highest BCUT2D eigenvalue weighted by Gasteiger charge is 2.60. The summed E-state index contributed by atoms with van der Waals surface area (Å²) in [4.78, 5) is 15.9. The molecular formula is C19H22N2O2. The van der Waals surface area contributed by atoms with Crippen molar-refractivity contribution in [2.45, 2.75) is 44.9 Å². The van der Waals surface area contributed by atoms with Crippen LogP contribution in [0.4, 0.5) is 0 Å². The van der Waals surface area contributed by atoms with Crippen molar-refractivity contribution in [1.29, 1.82) is 0 Å². The Morgan fingerprint density at radius 1 is 1.35 bits per heavy atom. The molecule has 0 aromatic heterocycles. The van der Waals surface area contributed by atoms with Crippen LogP contribution in [0.3, 0.4) is 0 Å². The molecule has 3 aliphatic rings. The highest BCUT2D eigenvalue weighted by molar-refractivity contribution is 6.41. The van der Waals surface area contributed by atoms with Crippen LogP contribution in [-0.2, 0) is 11.2 Å². The largest absolute Gasteiger partial charge is 0.497 e. The van der Waals surface area contributed by atoms with Crippen LogP contribution >= 0.6 is 0 Å². The number of carbonyl (C=O) groups is 1. The van der Waals surface area contributed by atoms with E-state index in [0.29, 0.717) is 29.9 Å². The summed E-state index contributed by atoms with van der Waals surface area (Å²) in [5.41, 5.74) is 12.1. The molecule has 0 unspecified atom stereocenters. The van der Waals surface area contributed by atoms with Crippen molar-refractivity contribution in [3.8, 4) is 5.75 Å². The molecule has 4 heteroatoms. The first kappa shape index (κ1) is 14.6. The minimum Gasteiger partial charge on any atom is -0.497 e. The highest BCUT2D eigenvalue weighted by Crippen LogP contribution is 2.58. The van der Waals surface area contributed by atoms with Crippen LogP contribution in [0.15, 0.2) is 18.2 Å². The van der Waals surface area contributed by atoms with Crippen LogP contribution in [0, 0.1) is 17.3 Å². The van der Waals surface area contributed by atoms with Crippen molar-refractivity contribution in [3.63, 3.8) is 0 Å². The van der Waals surface area contributed by atoms with Crippen LogP contribution in [0.5, 0.6) is 5.75 Å². The number of ether oxygens (including phenoxy) is 1. The second-order valence-electron chi connectivity index (χ2n) is 7.52. The number of rotatable bonds is 1. The first-order valence-corrected chi connectivity index (χ1v) is 8.51. The number of ketones is 1.